The summed E-state index contributed by atoms with van der Waals surface area (Å²) in [5.74, 6) is 2.23. The third-order valence-electron chi connectivity index (χ3n) is 3.79. The maximum absolute atomic E-state index is 9.69. The highest BCUT2D eigenvalue weighted by molar-refractivity contribution is 5.46. The molecule has 1 fully saturated rings. The highest BCUT2D eigenvalue weighted by Gasteiger charge is 2.39. The number of hydrogen-bond acceptors (Lipinski definition) is 3. The van der Waals surface area contributed by atoms with Crippen LogP contribution in [-0.2, 0) is 0 Å². The first-order chi connectivity index (χ1) is 8.78. The van der Waals surface area contributed by atoms with E-state index >= 15 is 0 Å². The largest absolute Gasteiger partial charge is 0.490 e. The van der Waals surface area contributed by atoms with E-state index in [1.807, 2.05) is 12.1 Å². The lowest BCUT2D eigenvalue weighted by Gasteiger charge is -2.27. The molecule has 0 aromatic heterocycles. The van der Waals surface area contributed by atoms with Gasteiger partial charge in [-0.05, 0) is 31.0 Å². The van der Waals surface area contributed by atoms with Crippen molar-refractivity contribution in [2.75, 3.05) is 6.61 Å². The van der Waals surface area contributed by atoms with E-state index in [9.17, 15) is 5.11 Å². The summed E-state index contributed by atoms with van der Waals surface area (Å²) in [6.45, 7) is 4.16. The summed E-state index contributed by atoms with van der Waals surface area (Å²) in [7, 11) is 0. The van der Waals surface area contributed by atoms with E-state index < -0.39 is 0 Å². The van der Waals surface area contributed by atoms with Gasteiger partial charge < -0.3 is 14.6 Å². The molecule has 3 nitrogen and oxygen atoms in total. The molecule has 0 saturated heterocycles. The Morgan fingerprint density at radius 3 is 3.17 bits per heavy atom. The zero-order chi connectivity index (χ0) is 12.5. The van der Waals surface area contributed by atoms with Crippen molar-refractivity contribution in [3.8, 4) is 11.5 Å². The molecule has 1 aliphatic carbocycles. The summed E-state index contributed by atoms with van der Waals surface area (Å²) in [6.07, 6.45) is 4.26. The quantitative estimate of drug-likeness (QED) is 0.833. The molecule has 2 aliphatic rings. The van der Waals surface area contributed by atoms with E-state index in [2.05, 4.69) is 12.6 Å². The molecule has 96 valence electrons. The zero-order valence-electron chi connectivity index (χ0n) is 10.3. The van der Waals surface area contributed by atoms with Crippen LogP contribution < -0.4 is 9.47 Å². The Morgan fingerprint density at radius 2 is 2.33 bits per heavy atom. The van der Waals surface area contributed by atoms with Crippen LogP contribution in [0.4, 0.5) is 0 Å². The van der Waals surface area contributed by atoms with Crippen molar-refractivity contribution in [2.45, 2.75) is 37.4 Å². The van der Waals surface area contributed by atoms with E-state index in [1.54, 1.807) is 6.08 Å². The number of hydrogen-bond donors (Lipinski definition) is 1. The first-order valence-electron chi connectivity index (χ1n) is 6.50. The van der Waals surface area contributed by atoms with Crippen molar-refractivity contribution in [2.24, 2.45) is 0 Å². The predicted molar refractivity (Wildman–Crippen MR) is 69.1 cm³/mol. The third-order valence-corrected chi connectivity index (χ3v) is 3.79. The van der Waals surface area contributed by atoms with Gasteiger partial charge in [-0.1, -0.05) is 12.7 Å². The lowest BCUT2D eigenvalue weighted by atomic mass is 9.82. The Kier molecular flexibility index (Phi) is 3.00. The van der Waals surface area contributed by atoms with Crippen LogP contribution in [0.5, 0.6) is 11.5 Å². The molecule has 3 rings (SSSR count). The van der Waals surface area contributed by atoms with Gasteiger partial charge in [-0.3, -0.25) is 0 Å². The molecular weight excluding hydrogens is 228 g/mol. The summed E-state index contributed by atoms with van der Waals surface area (Å²) in [6, 6.07) is 5.97. The number of aliphatic hydroxyl groups is 1. The van der Waals surface area contributed by atoms with Crippen LogP contribution in [0.25, 0.3) is 0 Å². The predicted octanol–water partition coefficient (Wildman–Crippen LogP) is 2.64. The van der Waals surface area contributed by atoms with E-state index in [0.717, 1.165) is 30.8 Å². The minimum atomic E-state index is -0.211. The van der Waals surface area contributed by atoms with Gasteiger partial charge in [0.15, 0.2) is 0 Å². The summed E-state index contributed by atoms with van der Waals surface area (Å²) >= 11 is 0. The van der Waals surface area contributed by atoms with E-state index in [4.69, 9.17) is 9.47 Å². The van der Waals surface area contributed by atoms with Gasteiger partial charge in [-0.2, -0.15) is 0 Å². The Hall–Kier alpha value is -1.48. The number of rotatable bonds is 3. The van der Waals surface area contributed by atoms with Gasteiger partial charge in [-0.15, -0.1) is 0 Å². The lowest BCUT2D eigenvalue weighted by molar-refractivity contribution is 0.0551. The topological polar surface area (TPSA) is 38.7 Å². The fourth-order valence-electron chi connectivity index (χ4n) is 2.93. The maximum Gasteiger partial charge on any atom is 0.123 e. The summed E-state index contributed by atoms with van der Waals surface area (Å²) in [4.78, 5) is 0. The number of aliphatic hydroxyl groups excluding tert-OH is 1. The summed E-state index contributed by atoms with van der Waals surface area (Å²) in [5, 5.41) is 9.69. The van der Waals surface area contributed by atoms with Gasteiger partial charge in [-0.25, -0.2) is 0 Å². The molecule has 3 atom stereocenters. The Bertz CT molecular complexity index is 455. The molecule has 1 N–H and O–H groups in total. The molecule has 1 heterocycles. The van der Waals surface area contributed by atoms with Crippen molar-refractivity contribution in [3.63, 3.8) is 0 Å². The second-order valence-electron chi connectivity index (χ2n) is 5.03. The number of benzene rings is 1. The molecule has 3 heteroatoms. The van der Waals surface area contributed by atoms with Crippen LogP contribution in [0.3, 0.4) is 0 Å². The molecule has 1 aromatic carbocycles. The third kappa shape index (κ3) is 1.99. The van der Waals surface area contributed by atoms with Crippen LogP contribution in [0.2, 0.25) is 0 Å². The summed E-state index contributed by atoms with van der Waals surface area (Å²) < 4.78 is 11.5. The van der Waals surface area contributed by atoms with Crippen LogP contribution in [0.1, 0.15) is 30.7 Å². The molecule has 1 aliphatic heterocycles. The standard InChI is InChI=1S/C15H18O3/c1-2-7-17-11-4-6-14-13(9-11)12-5-3-10(16)8-15(12)18-14/h2,4,6,9-10,12,15-16H,1,3,5,7-8H2/t10-,12-,15+/m1/s1. The molecule has 0 bridgehead atoms. The van der Waals surface area contributed by atoms with Gasteiger partial charge in [0.05, 0.1) is 6.10 Å². The van der Waals surface area contributed by atoms with Crippen LogP contribution in [-0.4, -0.2) is 23.9 Å². The minimum absolute atomic E-state index is 0.137. The molecule has 1 aromatic rings. The van der Waals surface area contributed by atoms with Crippen molar-refractivity contribution >= 4 is 0 Å². The monoisotopic (exact) mass is 246 g/mol. The fourth-order valence-corrected chi connectivity index (χ4v) is 2.93. The highest BCUT2D eigenvalue weighted by Crippen LogP contribution is 2.46. The highest BCUT2D eigenvalue weighted by atomic mass is 16.5. The van der Waals surface area contributed by atoms with Crippen LogP contribution in [0.15, 0.2) is 30.9 Å². The Morgan fingerprint density at radius 1 is 1.44 bits per heavy atom. The lowest BCUT2D eigenvalue weighted by Crippen LogP contribution is -2.30. The first-order valence-corrected chi connectivity index (χ1v) is 6.50. The SMILES string of the molecule is C=CCOc1ccc2c(c1)[C@H]1CC[C@@H](O)C[C@@H]1O2. The molecular formula is C15H18O3. The van der Waals surface area contributed by atoms with Gasteiger partial charge in [0.2, 0.25) is 0 Å². The molecule has 0 spiro atoms. The van der Waals surface area contributed by atoms with Gasteiger partial charge >= 0.3 is 0 Å². The van der Waals surface area contributed by atoms with Gasteiger partial charge in [0.1, 0.15) is 24.2 Å². The zero-order valence-corrected chi connectivity index (χ0v) is 10.3. The van der Waals surface area contributed by atoms with Crippen molar-refractivity contribution in [1.82, 2.24) is 0 Å². The van der Waals surface area contributed by atoms with Crippen molar-refractivity contribution < 1.29 is 14.6 Å². The number of ether oxygens (including phenoxy) is 2. The van der Waals surface area contributed by atoms with Crippen LogP contribution in [0, 0.1) is 0 Å². The Labute approximate surface area is 107 Å². The normalized spacial score (nSPS) is 29.1. The van der Waals surface area contributed by atoms with Gasteiger partial charge in [0, 0.05) is 17.9 Å². The Balaban J connectivity index is 1.83. The average Bonchev–Trinajstić information content (AvgIpc) is 2.72. The number of fused-ring (bicyclic) bond motifs is 3. The molecule has 18 heavy (non-hydrogen) atoms. The van der Waals surface area contributed by atoms with Crippen molar-refractivity contribution in [1.29, 1.82) is 0 Å². The molecule has 0 amide bonds. The molecule has 0 unspecified atom stereocenters. The first kappa shape index (κ1) is 11.6. The van der Waals surface area contributed by atoms with E-state index in [0.29, 0.717) is 12.5 Å². The fraction of sp³-hybridized carbons (Fsp3) is 0.467. The van der Waals surface area contributed by atoms with Crippen LogP contribution >= 0.6 is 0 Å². The molecule has 1 saturated carbocycles. The second-order valence-corrected chi connectivity index (χ2v) is 5.03. The van der Waals surface area contributed by atoms with Gasteiger partial charge in [0.25, 0.3) is 0 Å². The summed E-state index contributed by atoms with van der Waals surface area (Å²) in [5.41, 5.74) is 1.23. The molecule has 0 radical (unpaired) electrons. The minimum Gasteiger partial charge on any atom is -0.490 e. The van der Waals surface area contributed by atoms with E-state index in [-0.39, 0.29) is 12.2 Å². The second kappa shape index (κ2) is 4.65. The average molecular weight is 246 g/mol. The maximum atomic E-state index is 9.69. The van der Waals surface area contributed by atoms with Crippen molar-refractivity contribution in [3.05, 3.63) is 36.4 Å². The smallest absolute Gasteiger partial charge is 0.123 e. The van der Waals surface area contributed by atoms with E-state index in [1.165, 1.54) is 5.56 Å².